The predicted octanol–water partition coefficient (Wildman–Crippen LogP) is 2.80. The largest absolute Gasteiger partial charge is 0.311 e. The first kappa shape index (κ1) is 14.1. The van der Waals surface area contributed by atoms with Gasteiger partial charge in [0.15, 0.2) is 5.82 Å². The molecule has 6 nitrogen and oxygen atoms in total. The number of rotatable bonds is 3. The van der Waals surface area contributed by atoms with Crippen LogP contribution in [0.3, 0.4) is 0 Å². The maximum Gasteiger partial charge on any atom is 0.222 e. The Balaban J connectivity index is 2.10. The predicted molar refractivity (Wildman–Crippen MR) is 80.5 cm³/mol. The fourth-order valence-corrected chi connectivity index (χ4v) is 2.13. The number of pyridine rings is 2. The molecule has 0 saturated heterocycles. The zero-order valence-electron chi connectivity index (χ0n) is 12.1. The summed E-state index contributed by atoms with van der Waals surface area (Å²) in [5, 5.41) is 7.69. The number of aromatic nitrogens is 4. The van der Waals surface area contributed by atoms with Crippen molar-refractivity contribution >= 4 is 22.6 Å². The molecule has 1 amide bonds. The maximum absolute atomic E-state index is 13.4. The number of nitrogens with zero attached hydrogens (tertiary/aromatic N) is 4. The molecule has 3 aromatic rings. The van der Waals surface area contributed by atoms with Gasteiger partial charge in [-0.15, -0.1) is 0 Å². The zero-order chi connectivity index (χ0) is 15.7. The smallest absolute Gasteiger partial charge is 0.222 e. The maximum atomic E-state index is 13.4. The van der Waals surface area contributed by atoms with E-state index in [9.17, 15) is 9.18 Å². The number of nitrogens with one attached hydrogen (secondary N) is 1. The third kappa shape index (κ3) is 2.65. The molecule has 0 bridgehead atoms. The Morgan fingerprint density at radius 2 is 2.18 bits per heavy atom. The first-order chi connectivity index (χ1) is 10.5. The van der Waals surface area contributed by atoms with Gasteiger partial charge in [0.05, 0.1) is 17.4 Å². The van der Waals surface area contributed by atoms with Gasteiger partial charge in [-0.2, -0.15) is 5.10 Å². The molecule has 1 unspecified atom stereocenters. The molecular formula is C15H14FN5O. The number of carbonyl (C=O) groups is 1. The summed E-state index contributed by atoms with van der Waals surface area (Å²) >= 11 is 0. The third-order valence-corrected chi connectivity index (χ3v) is 3.14. The van der Waals surface area contributed by atoms with Gasteiger partial charge in [-0.25, -0.2) is 19.0 Å². The minimum absolute atomic E-state index is 0.204. The molecule has 0 radical (unpaired) electrons. The van der Waals surface area contributed by atoms with Crippen molar-refractivity contribution in [2.45, 2.75) is 20.0 Å². The lowest BCUT2D eigenvalue weighted by atomic mass is 10.2. The van der Waals surface area contributed by atoms with Gasteiger partial charge < -0.3 is 5.32 Å². The van der Waals surface area contributed by atoms with E-state index in [1.54, 1.807) is 41.3 Å². The highest BCUT2D eigenvalue weighted by Crippen LogP contribution is 2.21. The minimum atomic E-state index is -1.15. The van der Waals surface area contributed by atoms with Crippen LogP contribution in [0.4, 0.5) is 10.2 Å². The van der Waals surface area contributed by atoms with Gasteiger partial charge in [-0.3, -0.25) is 4.79 Å². The molecule has 0 aromatic carbocycles. The SMILES string of the molecule is CC(=O)Nc1cc2c(cn1)cnn2-c1cccc(C(C)F)n1. The second kappa shape index (κ2) is 5.51. The first-order valence-corrected chi connectivity index (χ1v) is 6.77. The minimum Gasteiger partial charge on any atom is -0.311 e. The van der Waals surface area contributed by atoms with E-state index in [0.717, 1.165) is 10.9 Å². The summed E-state index contributed by atoms with van der Waals surface area (Å²) in [6, 6.07) is 6.81. The molecular weight excluding hydrogens is 285 g/mol. The summed E-state index contributed by atoms with van der Waals surface area (Å²) < 4.78 is 15.0. The number of hydrogen-bond donors (Lipinski definition) is 1. The lowest BCUT2D eigenvalue weighted by molar-refractivity contribution is -0.114. The Morgan fingerprint density at radius 1 is 1.36 bits per heavy atom. The van der Waals surface area contributed by atoms with E-state index in [4.69, 9.17) is 0 Å². The molecule has 0 spiro atoms. The number of amides is 1. The lowest BCUT2D eigenvalue weighted by Crippen LogP contribution is -2.07. The Bertz CT molecular complexity index is 843. The molecule has 3 aromatic heterocycles. The summed E-state index contributed by atoms with van der Waals surface area (Å²) in [5.74, 6) is 0.734. The number of anilines is 1. The van der Waals surface area contributed by atoms with Gasteiger partial charge in [0.25, 0.3) is 0 Å². The standard InChI is InChI=1S/C15H14FN5O/c1-9(16)12-4-3-5-15(20-12)21-13-6-14(19-10(2)22)17-7-11(13)8-18-21/h3-9H,1-2H3,(H,17,19,22). The molecule has 0 saturated carbocycles. The van der Waals surface area contributed by atoms with Gasteiger partial charge in [0, 0.05) is 24.6 Å². The van der Waals surface area contributed by atoms with Crippen molar-refractivity contribution in [3.63, 3.8) is 0 Å². The average molecular weight is 299 g/mol. The highest BCUT2D eigenvalue weighted by molar-refractivity contribution is 5.90. The van der Waals surface area contributed by atoms with Crippen LogP contribution in [0.2, 0.25) is 0 Å². The molecule has 112 valence electrons. The summed E-state index contributed by atoms with van der Waals surface area (Å²) in [7, 11) is 0. The highest BCUT2D eigenvalue weighted by Gasteiger charge is 2.11. The van der Waals surface area contributed by atoms with E-state index in [2.05, 4.69) is 20.4 Å². The van der Waals surface area contributed by atoms with Crippen LogP contribution in [0.5, 0.6) is 0 Å². The van der Waals surface area contributed by atoms with Crippen molar-refractivity contribution in [1.82, 2.24) is 19.7 Å². The fraction of sp³-hybridized carbons (Fsp3) is 0.200. The number of hydrogen-bond acceptors (Lipinski definition) is 4. The molecule has 7 heteroatoms. The Labute approximate surface area is 126 Å². The number of alkyl halides is 1. The summed E-state index contributed by atoms with van der Waals surface area (Å²) in [5.41, 5.74) is 1.08. The van der Waals surface area contributed by atoms with Crippen LogP contribution in [0, 0.1) is 0 Å². The van der Waals surface area contributed by atoms with Crippen LogP contribution in [-0.2, 0) is 4.79 Å². The topological polar surface area (TPSA) is 72.7 Å². The number of fused-ring (bicyclic) bond motifs is 1. The summed E-state index contributed by atoms with van der Waals surface area (Å²) in [4.78, 5) is 19.5. The van der Waals surface area contributed by atoms with Crippen molar-refractivity contribution in [3.05, 3.63) is 42.4 Å². The molecule has 1 N–H and O–H groups in total. The molecule has 3 heterocycles. The van der Waals surface area contributed by atoms with Crippen LogP contribution < -0.4 is 5.32 Å². The Kier molecular flexibility index (Phi) is 3.54. The fourth-order valence-electron chi connectivity index (χ4n) is 2.13. The van der Waals surface area contributed by atoms with Crippen molar-refractivity contribution in [2.75, 3.05) is 5.32 Å². The van der Waals surface area contributed by atoms with Crippen LogP contribution in [0.1, 0.15) is 25.7 Å². The van der Waals surface area contributed by atoms with Gasteiger partial charge in [-0.05, 0) is 19.1 Å². The summed E-state index contributed by atoms with van der Waals surface area (Å²) in [6.07, 6.45) is 2.11. The van der Waals surface area contributed by atoms with E-state index >= 15 is 0 Å². The van der Waals surface area contributed by atoms with E-state index in [1.807, 2.05) is 0 Å². The van der Waals surface area contributed by atoms with E-state index < -0.39 is 6.17 Å². The molecule has 0 aliphatic rings. The van der Waals surface area contributed by atoms with Gasteiger partial charge in [0.2, 0.25) is 5.91 Å². The Morgan fingerprint density at radius 3 is 2.91 bits per heavy atom. The normalized spacial score (nSPS) is 12.3. The monoisotopic (exact) mass is 299 g/mol. The molecule has 1 atom stereocenters. The van der Waals surface area contributed by atoms with Crippen LogP contribution in [-0.4, -0.2) is 25.7 Å². The second-order valence-corrected chi connectivity index (χ2v) is 4.90. The average Bonchev–Trinajstić information content (AvgIpc) is 2.90. The first-order valence-electron chi connectivity index (χ1n) is 6.77. The quantitative estimate of drug-likeness (QED) is 0.807. The highest BCUT2D eigenvalue weighted by atomic mass is 19.1. The van der Waals surface area contributed by atoms with Crippen molar-refractivity contribution in [2.24, 2.45) is 0 Å². The van der Waals surface area contributed by atoms with Crippen molar-refractivity contribution < 1.29 is 9.18 Å². The summed E-state index contributed by atoms with van der Waals surface area (Å²) in [6.45, 7) is 2.85. The lowest BCUT2D eigenvalue weighted by Gasteiger charge is -2.07. The molecule has 22 heavy (non-hydrogen) atoms. The second-order valence-electron chi connectivity index (χ2n) is 4.90. The zero-order valence-corrected chi connectivity index (χ0v) is 12.1. The number of halogens is 1. The van der Waals surface area contributed by atoms with E-state index in [0.29, 0.717) is 17.3 Å². The molecule has 0 aliphatic carbocycles. The van der Waals surface area contributed by atoms with Gasteiger partial charge in [-0.1, -0.05) is 6.07 Å². The van der Waals surface area contributed by atoms with Crippen LogP contribution in [0.15, 0.2) is 36.7 Å². The Hall–Kier alpha value is -2.83. The van der Waals surface area contributed by atoms with Gasteiger partial charge in [0.1, 0.15) is 12.0 Å². The van der Waals surface area contributed by atoms with Crippen molar-refractivity contribution in [1.29, 1.82) is 0 Å². The molecule has 0 fully saturated rings. The number of carbonyl (C=O) groups excluding carboxylic acids is 1. The van der Waals surface area contributed by atoms with E-state index in [-0.39, 0.29) is 5.91 Å². The molecule has 3 rings (SSSR count). The van der Waals surface area contributed by atoms with Crippen LogP contribution in [0.25, 0.3) is 16.7 Å². The van der Waals surface area contributed by atoms with E-state index in [1.165, 1.54) is 13.8 Å². The molecule has 0 aliphatic heterocycles. The van der Waals surface area contributed by atoms with Crippen LogP contribution >= 0.6 is 0 Å². The third-order valence-electron chi connectivity index (χ3n) is 3.14. The van der Waals surface area contributed by atoms with Crippen molar-refractivity contribution in [3.8, 4) is 5.82 Å². The van der Waals surface area contributed by atoms with Gasteiger partial charge >= 0.3 is 0 Å².